The minimum Gasteiger partial charge on any atom is -0.479 e. The Labute approximate surface area is 100.0 Å². The van der Waals surface area contributed by atoms with E-state index < -0.39 is 12.1 Å². The molecule has 1 atom stereocenters. The van der Waals surface area contributed by atoms with Gasteiger partial charge in [-0.2, -0.15) is 0 Å². The average molecular weight is 243 g/mol. The number of rotatable bonds is 5. The topological polar surface area (TPSA) is 46.5 Å². The van der Waals surface area contributed by atoms with Crippen molar-refractivity contribution in [2.75, 3.05) is 6.61 Å². The number of hydrogen-bond acceptors (Lipinski definition) is 2. The van der Waals surface area contributed by atoms with Gasteiger partial charge in [0.1, 0.15) is 0 Å². The van der Waals surface area contributed by atoms with Crippen LogP contribution in [0.1, 0.15) is 18.1 Å². The van der Waals surface area contributed by atoms with Gasteiger partial charge >= 0.3 is 5.97 Å². The van der Waals surface area contributed by atoms with Gasteiger partial charge in [0.15, 0.2) is 6.10 Å². The average Bonchev–Trinajstić information content (AvgIpc) is 2.23. The second-order valence-corrected chi connectivity index (χ2v) is 3.92. The fraction of sp³-hybridized carbons (Fsp3) is 0.417. The highest BCUT2D eigenvalue weighted by Crippen LogP contribution is 2.20. The first-order valence-electron chi connectivity index (χ1n) is 5.14. The van der Waals surface area contributed by atoms with E-state index in [4.69, 9.17) is 21.4 Å². The van der Waals surface area contributed by atoms with Crippen LogP contribution in [0.5, 0.6) is 0 Å². The molecule has 1 aromatic rings. The molecule has 0 unspecified atom stereocenters. The zero-order valence-corrected chi connectivity index (χ0v) is 10.1. The minimum absolute atomic E-state index is 0.343. The van der Waals surface area contributed by atoms with E-state index in [1.54, 1.807) is 13.0 Å². The maximum Gasteiger partial charge on any atom is 0.333 e. The van der Waals surface area contributed by atoms with Gasteiger partial charge in [0.25, 0.3) is 0 Å². The molecule has 0 aliphatic carbocycles. The van der Waals surface area contributed by atoms with E-state index in [-0.39, 0.29) is 0 Å². The van der Waals surface area contributed by atoms with E-state index in [0.717, 1.165) is 11.1 Å². The molecular formula is C12H15ClO3. The van der Waals surface area contributed by atoms with Crippen LogP contribution in [0.4, 0.5) is 0 Å². The first-order chi connectivity index (χ1) is 7.56. The van der Waals surface area contributed by atoms with Gasteiger partial charge in [0.05, 0.1) is 0 Å². The Morgan fingerprint density at radius 1 is 1.56 bits per heavy atom. The fourth-order valence-electron chi connectivity index (χ4n) is 1.49. The number of halogens is 1. The number of carboxylic acids is 1. The number of benzene rings is 1. The standard InChI is InChI=1S/C12H15ClO3/c1-3-16-11(12(14)15)7-9-5-4-6-10(13)8(9)2/h4-6,11H,3,7H2,1-2H3,(H,14,15)/t11-/m1/s1. The van der Waals surface area contributed by atoms with Crippen LogP contribution in [0, 0.1) is 6.92 Å². The summed E-state index contributed by atoms with van der Waals surface area (Å²) in [6.07, 6.45) is -0.461. The molecule has 0 saturated carbocycles. The lowest BCUT2D eigenvalue weighted by molar-refractivity contribution is -0.149. The van der Waals surface area contributed by atoms with Crippen molar-refractivity contribution in [3.63, 3.8) is 0 Å². The van der Waals surface area contributed by atoms with Gasteiger partial charge in [0, 0.05) is 18.1 Å². The third-order valence-electron chi connectivity index (χ3n) is 2.43. The van der Waals surface area contributed by atoms with E-state index in [2.05, 4.69) is 0 Å². The summed E-state index contributed by atoms with van der Waals surface area (Å²) in [5.41, 5.74) is 1.82. The van der Waals surface area contributed by atoms with Crippen molar-refractivity contribution in [3.05, 3.63) is 34.3 Å². The van der Waals surface area contributed by atoms with Gasteiger partial charge in [-0.15, -0.1) is 0 Å². The van der Waals surface area contributed by atoms with Crippen molar-refractivity contribution in [1.82, 2.24) is 0 Å². The Hall–Kier alpha value is -1.06. The summed E-state index contributed by atoms with van der Waals surface area (Å²) < 4.78 is 5.16. The van der Waals surface area contributed by atoms with Gasteiger partial charge in [0.2, 0.25) is 0 Å². The highest BCUT2D eigenvalue weighted by molar-refractivity contribution is 6.31. The molecule has 1 N–H and O–H groups in total. The van der Waals surface area contributed by atoms with E-state index in [0.29, 0.717) is 18.1 Å². The highest BCUT2D eigenvalue weighted by Gasteiger charge is 2.19. The molecule has 0 aromatic heterocycles. The summed E-state index contributed by atoms with van der Waals surface area (Å²) in [7, 11) is 0. The Morgan fingerprint density at radius 2 is 2.25 bits per heavy atom. The summed E-state index contributed by atoms with van der Waals surface area (Å²) in [4.78, 5) is 10.9. The largest absolute Gasteiger partial charge is 0.479 e. The second kappa shape index (κ2) is 5.87. The summed E-state index contributed by atoms with van der Waals surface area (Å²) in [6, 6.07) is 5.47. The smallest absolute Gasteiger partial charge is 0.333 e. The molecule has 0 fully saturated rings. The summed E-state index contributed by atoms with van der Waals surface area (Å²) in [5.74, 6) is -0.943. The van der Waals surface area contributed by atoms with E-state index in [1.807, 2.05) is 19.1 Å². The number of hydrogen-bond donors (Lipinski definition) is 1. The SMILES string of the molecule is CCO[C@H](Cc1cccc(Cl)c1C)C(=O)O. The van der Waals surface area contributed by atoms with Gasteiger partial charge in [-0.1, -0.05) is 23.7 Å². The maximum atomic E-state index is 10.9. The highest BCUT2D eigenvalue weighted by atomic mass is 35.5. The fourth-order valence-corrected chi connectivity index (χ4v) is 1.69. The van der Waals surface area contributed by atoms with E-state index in [9.17, 15) is 4.79 Å². The third kappa shape index (κ3) is 3.22. The molecule has 88 valence electrons. The van der Waals surface area contributed by atoms with Crippen LogP contribution >= 0.6 is 11.6 Å². The van der Waals surface area contributed by atoms with Crippen molar-refractivity contribution in [1.29, 1.82) is 0 Å². The first-order valence-corrected chi connectivity index (χ1v) is 5.52. The van der Waals surface area contributed by atoms with Crippen LogP contribution in [-0.4, -0.2) is 23.8 Å². The lowest BCUT2D eigenvalue weighted by atomic mass is 10.0. The summed E-state index contributed by atoms with van der Waals surface area (Å²) in [5, 5.41) is 9.62. The van der Waals surface area contributed by atoms with Gasteiger partial charge < -0.3 is 9.84 Å². The molecule has 4 heteroatoms. The molecule has 0 heterocycles. The van der Waals surface area contributed by atoms with Crippen molar-refractivity contribution < 1.29 is 14.6 Å². The molecule has 0 saturated heterocycles. The van der Waals surface area contributed by atoms with Crippen LogP contribution in [0.15, 0.2) is 18.2 Å². The van der Waals surface area contributed by atoms with Crippen molar-refractivity contribution in [2.45, 2.75) is 26.4 Å². The lowest BCUT2D eigenvalue weighted by Gasteiger charge is -2.14. The van der Waals surface area contributed by atoms with Gasteiger partial charge in [-0.3, -0.25) is 0 Å². The number of aliphatic carboxylic acids is 1. The minimum atomic E-state index is -0.943. The van der Waals surface area contributed by atoms with Crippen LogP contribution in [0.2, 0.25) is 5.02 Å². The Morgan fingerprint density at radius 3 is 2.81 bits per heavy atom. The first kappa shape index (κ1) is 13.0. The van der Waals surface area contributed by atoms with Crippen LogP contribution in [-0.2, 0) is 16.0 Å². The molecule has 1 aromatic carbocycles. The molecule has 0 bridgehead atoms. The van der Waals surface area contributed by atoms with Gasteiger partial charge in [-0.05, 0) is 31.0 Å². The molecule has 0 spiro atoms. The molecule has 3 nitrogen and oxygen atoms in total. The molecule has 0 radical (unpaired) electrons. The zero-order valence-electron chi connectivity index (χ0n) is 9.37. The Balaban J connectivity index is 2.85. The predicted molar refractivity (Wildman–Crippen MR) is 62.9 cm³/mol. The predicted octanol–water partition coefficient (Wildman–Crippen LogP) is 2.68. The van der Waals surface area contributed by atoms with Crippen molar-refractivity contribution in [2.24, 2.45) is 0 Å². The quantitative estimate of drug-likeness (QED) is 0.864. The molecule has 1 rings (SSSR count). The van der Waals surface area contributed by atoms with Crippen LogP contribution in [0.3, 0.4) is 0 Å². The molecule has 0 aliphatic rings. The van der Waals surface area contributed by atoms with Crippen molar-refractivity contribution >= 4 is 17.6 Å². The van der Waals surface area contributed by atoms with Gasteiger partial charge in [-0.25, -0.2) is 4.79 Å². The Kier molecular flexibility index (Phi) is 4.77. The summed E-state index contributed by atoms with van der Waals surface area (Å²) >= 11 is 5.97. The normalized spacial score (nSPS) is 12.4. The van der Waals surface area contributed by atoms with Crippen LogP contribution < -0.4 is 0 Å². The Bertz CT molecular complexity index is 377. The maximum absolute atomic E-state index is 10.9. The second-order valence-electron chi connectivity index (χ2n) is 3.51. The molecular weight excluding hydrogens is 228 g/mol. The summed E-state index contributed by atoms with van der Waals surface area (Å²) in [6.45, 7) is 4.04. The van der Waals surface area contributed by atoms with E-state index in [1.165, 1.54) is 0 Å². The van der Waals surface area contributed by atoms with Crippen molar-refractivity contribution in [3.8, 4) is 0 Å². The van der Waals surface area contributed by atoms with E-state index >= 15 is 0 Å². The number of ether oxygens (including phenoxy) is 1. The molecule has 0 aliphatic heterocycles. The van der Waals surface area contributed by atoms with Crippen LogP contribution in [0.25, 0.3) is 0 Å². The third-order valence-corrected chi connectivity index (χ3v) is 2.84. The molecule has 0 amide bonds. The molecule has 16 heavy (non-hydrogen) atoms. The number of carbonyl (C=O) groups is 1. The number of carboxylic acid groups (broad SMARTS) is 1. The zero-order chi connectivity index (χ0) is 12.1. The lowest BCUT2D eigenvalue weighted by Crippen LogP contribution is -2.26. The monoisotopic (exact) mass is 242 g/mol.